The Hall–Kier alpha value is -3.74. The van der Waals surface area contributed by atoms with E-state index in [0.717, 1.165) is 30.6 Å². The molecule has 1 atom stereocenters. The fourth-order valence-corrected chi connectivity index (χ4v) is 3.90. The van der Waals surface area contributed by atoms with Gasteiger partial charge in [0.15, 0.2) is 0 Å². The average Bonchev–Trinajstić information content (AvgIpc) is 3.44. The van der Waals surface area contributed by atoms with Crippen LogP contribution >= 0.6 is 0 Å². The molecule has 0 bridgehead atoms. The molecule has 1 N–H and O–H groups in total. The van der Waals surface area contributed by atoms with Crippen molar-refractivity contribution >= 4 is 5.91 Å². The maximum Gasteiger partial charge on any atom is 0.268 e. The number of benzene rings is 2. The van der Waals surface area contributed by atoms with Crippen LogP contribution in [0.1, 0.15) is 54.7 Å². The molecule has 1 amide bonds. The molecular formula is C27H31N5O2. The van der Waals surface area contributed by atoms with Crippen molar-refractivity contribution in [2.24, 2.45) is 5.92 Å². The highest BCUT2D eigenvalue weighted by atomic mass is 16.4. The van der Waals surface area contributed by atoms with Crippen LogP contribution in [0.2, 0.25) is 0 Å². The van der Waals surface area contributed by atoms with Gasteiger partial charge in [0.1, 0.15) is 5.69 Å². The fourth-order valence-electron chi connectivity index (χ4n) is 3.90. The van der Waals surface area contributed by atoms with E-state index in [-0.39, 0.29) is 11.9 Å². The van der Waals surface area contributed by atoms with Gasteiger partial charge in [-0.25, -0.2) is 4.68 Å². The van der Waals surface area contributed by atoms with Crippen LogP contribution in [-0.2, 0) is 12.8 Å². The lowest BCUT2D eigenvalue weighted by atomic mass is 10.1. The highest BCUT2D eigenvalue weighted by Crippen LogP contribution is 2.23. The molecule has 7 heteroatoms. The number of carbonyl (C=O) groups excluding carboxylic acids is 1. The highest BCUT2D eigenvalue weighted by Gasteiger charge is 2.18. The summed E-state index contributed by atoms with van der Waals surface area (Å²) in [4.78, 5) is 13.0. The fraction of sp³-hybridized carbons (Fsp3) is 0.333. The summed E-state index contributed by atoms with van der Waals surface area (Å²) in [7, 11) is 0. The van der Waals surface area contributed by atoms with Crippen LogP contribution in [0.5, 0.6) is 0 Å². The largest absolute Gasteiger partial charge is 0.420 e. The van der Waals surface area contributed by atoms with Crippen molar-refractivity contribution in [3.05, 3.63) is 83.4 Å². The van der Waals surface area contributed by atoms with Gasteiger partial charge in [0.05, 0.1) is 5.69 Å². The van der Waals surface area contributed by atoms with Crippen LogP contribution in [-0.4, -0.2) is 31.9 Å². The molecule has 0 saturated carbocycles. The summed E-state index contributed by atoms with van der Waals surface area (Å²) in [5.74, 6) is 1.23. The van der Waals surface area contributed by atoms with E-state index in [1.165, 1.54) is 5.56 Å². The maximum absolute atomic E-state index is 13.0. The summed E-state index contributed by atoms with van der Waals surface area (Å²) in [6.07, 6.45) is 2.62. The first-order valence-corrected chi connectivity index (χ1v) is 11.7. The maximum atomic E-state index is 13.0. The number of aromatic nitrogens is 4. The predicted molar refractivity (Wildman–Crippen MR) is 132 cm³/mol. The minimum absolute atomic E-state index is 0.0601. The second-order valence-corrected chi connectivity index (χ2v) is 9.11. The normalized spacial score (nSPS) is 12.1. The third-order valence-corrected chi connectivity index (χ3v) is 5.58. The predicted octanol–water partition coefficient (Wildman–Crippen LogP) is 5.18. The first-order chi connectivity index (χ1) is 16.4. The van der Waals surface area contributed by atoms with E-state index in [1.54, 1.807) is 6.92 Å². The zero-order chi connectivity index (χ0) is 24.1. The lowest BCUT2D eigenvalue weighted by Crippen LogP contribution is -2.33. The van der Waals surface area contributed by atoms with E-state index in [0.29, 0.717) is 29.0 Å². The summed E-state index contributed by atoms with van der Waals surface area (Å²) >= 11 is 0. The molecule has 176 valence electrons. The Balaban J connectivity index is 1.52. The van der Waals surface area contributed by atoms with E-state index in [1.807, 2.05) is 60.1 Å². The Morgan fingerprint density at radius 2 is 1.82 bits per heavy atom. The van der Waals surface area contributed by atoms with Crippen LogP contribution in [0, 0.1) is 12.8 Å². The van der Waals surface area contributed by atoms with Crippen molar-refractivity contribution in [1.29, 1.82) is 0 Å². The minimum Gasteiger partial charge on any atom is -0.420 e. The van der Waals surface area contributed by atoms with Crippen LogP contribution in [0.4, 0.5) is 0 Å². The molecule has 0 fully saturated rings. The first-order valence-electron chi connectivity index (χ1n) is 11.7. The van der Waals surface area contributed by atoms with Crippen molar-refractivity contribution < 1.29 is 9.21 Å². The SMILES string of the molecule is Cc1nnc(-c2cc(CC(C)C)n(-c3cccc(C(=O)N[C@@H](C)CCc4ccccc4)c3)n2)o1. The molecule has 0 saturated heterocycles. The zero-order valence-electron chi connectivity index (χ0n) is 20.2. The lowest BCUT2D eigenvalue weighted by molar-refractivity contribution is 0.0938. The Bertz CT molecular complexity index is 1240. The summed E-state index contributed by atoms with van der Waals surface area (Å²) in [6, 6.07) is 19.9. The van der Waals surface area contributed by atoms with E-state index < -0.39 is 0 Å². The highest BCUT2D eigenvalue weighted by molar-refractivity contribution is 5.94. The molecule has 0 spiro atoms. The van der Waals surface area contributed by atoms with Crippen molar-refractivity contribution in [3.8, 4) is 17.3 Å². The molecule has 2 aromatic carbocycles. The Morgan fingerprint density at radius 3 is 2.53 bits per heavy atom. The van der Waals surface area contributed by atoms with Gasteiger partial charge >= 0.3 is 0 Å². The Labute approximate surface area is 200 Å². The third-order valence-electron chi connectivity index (χ3n) is 5.58. The van der Waals surface area contributed by atoms with Crippen molar-refractivity contribution in [2.75, 3.05) is 0 Å². The van der Waals surface area contributed by atoms with Gasteiger partial charge in [-0.3, -0.25) is 4.79 Å². The second kappa shape index (κ2) is 10.5. The van der Waals surface area contributed by atoms with Gasteiger partial charge in [0, 0.05) is 24.2 Å². The average molecular weight is 458 g/mol. The molecule has 0 radical (unpaired) electrons. The molecule has 0 aliphatic carbocycles. The monoisotopic (exact) mass is 457 g/mol. The second-order valence-electron chi connectivity index (χ2n) is 9.11. The number of carbonyl (C=O) groups is 1. The molecular weight excluding hydrogens is 426 g/mol. The van der Waals surface area contributed by atoms with E-state index in [2.05, 4.69) is 41.5 Å². The van der Waals surface area contributed by atoms with Gasteiger partial charge in [0.2, 0.25) is 5.89 Å². The van der Waals surface area contributed by atoms with Gasteiger partial charge in [0.25, 0.3) is 11.8 Å². The van der Waals surface area contributed by atoms with Crippen LogP contribution in [0.25, 0.3) is 17.3 Å². The van der Waals surface area contributed by atoms with Crippen LogP contribution in [0.3, 0.4) is 0 Å². The molecule has 7 nitrogen and oxygen atoms in total. The first kappa shape index (κ1) is 23.4. The molecule has 34 heavy (non-hydrogen) atoms. The molecule has 2 aromatic heterocycles. The third kappa shape index (κ3) is 5.78. The lowest BCUT2D eigenvalue weighted by Gasteiger charge is -2.15. The molecule has 2 heterocycles. The number of rotatable bonds is 9. The van der Waals surface area contributed by atoms with Crippen molar-refractivity contribution in [2.45, 2.75) is 53.0 Å². The van der Waals surface area contributed by atoms with E-state index >= 15 is 0 Å². The van der Waals surface area contributed by atoms with Gasteiger partial charge in [-0.15, -0.1) is 10.2 Å². The summed E-state index contributed by atoms with van der Waals surface area (Å²) in [5.41, 5.74) is 4.34. The number of amides is 1. The summed E-state index contributed by atoms with van der Waals surface area (Å²) in [6.45, 7) is 8.12. The quantitative estimate of drug-likeness (QED) is 0.374. The standard InChI is InChI=1S/C27H31N5O2/c1-18(2)15-24-17-25(27-30-29-20(4)34-27)31-32(24)23-12-8-11-22(16-23)26(33)28-19(3)13-14-21-9-6-5-7-10-21/h5-12,16-19H,13-15H2,1-4H3,(H,28,33)/t19-/m0/s1. The smallest absolute Gasteiger partial charge is 0.268 e. The summed E-state index contributed by atoms with van der Waals surface area (Å²) in [5, 5.41) is 15.9. The van der Waals surface area contributed by atoms with Gasteiger partial charge < -0.3 is 9.73 Å². The molecule has 0 unspecified atom stereocenters. The van der Waals surface area contributed by atoms with Crippen molar-refractivity contribution in [1.82, 2.24) is 25.3 Å². The number of hydrogen-bond donors (Lipinski definition) is 1. The number of aryl methyl sites for hydroxylation is 2. The van der Waals surface area contributed by atoms with Crippen LogP contribution in [0.15, 0.2) is 65.1 Å². The van der Waals surface area contributed by atoms with Gasteiger partial charge in [-0.2, -0.15) is 5.10 Å². The molecule has 4 aromatic rings. The zero-order valence-corrected chi connectivity index (χ0v) is 20.2. The molecule has 0 aliphatic heterocycles. The van der Waals surface area contributed by atoms with Gasteiger partial charge in [-0.05, 0) is 61.9 Å². The van der Waals surface area contributed by atoms with E-state index in [9.17, 15) is 4.79 Å². The van der Waals surface area contributed by atoms with E-state index in [4.69, 9.17) is 9.52 Å². The molecule has 4 rings (SSSR count). The molecule has 0 aliphatic rings. The Morgan fingerprint density at radius 1 is 1.03 bits per heavy atom. The number of hydrogen-bond acceptors (Lipinski definition) is 5. The van der Waals surface area contributed by atoms with Gasteiger partial charge in [-0.1, -0.05) is 50.2 Å². The number of nitrogens with zero attached hydrogens (tertiary/aromatic N) is 4. The number of nitrogens with one attached hydrogen (secondary N) is 1. The topological polar surface area (TPSA) is 85.8 Å². The van der Waals surface area contributed by atoms with Crippen molar-refractivity contribution in [3.63, 3.8) is 0 Å². The Kier molecular flexibility index (Phi) is 7.21. The van der Waals surface area contributed by atoms with Crippen LogP contribution < -0.4 is 5.32 Å². The minimum atomic E-state index is -0.0901. The summed E-state index contributed by atoms with van der Waals surface area (Å²) < 4.78 is 7.44.